The van der Waals surface area contributed by atoms with Crippen LogP contribution in [0.15, 0.2) is 67.0 Å². The molecule has 1 aliphatic heterocycles. The topological polar surface area (TPSA) is 54.5 Å². The second-order valence-corrected chi connectivity index (χ2v) is 6.28. The molecule has 0 bridgehead atoms. The smallest absolute Gasteiger partial charge is 0.262 e. The number of anilines is 2. The minimum Gasteiger partial charge on any atom is -0.495 e. The number of halogens is 1. The predicted octanol–water partition coefficient (Wildman–Crippen LogP) is 4.51. The molecule has 3 aromatic rings. The van der Waals surface area contributed by atoms with Crippen molar-refractivity contribution >= 4 is 28.9 Å². The highest BCUT2D eigenvalue weighted by Crippen LogP contribution is 2.38. The molecule has 6 heteroatoms. The van der Waals surface area contributed by atoms with Crippen LogP contribution in [0.2, 0.25) is 5.02 Å². The van der Waals surface area contributed by atoms with Gasteiger partial charge in [-0.15, -0.1) is 0 Å². The third-order valence-corrected chi connectivity index (χ3v) is 4.64. The zero-order valence-electron chi connectivity index (χ0n) is 14.0. The van der Waals surface area contributed by atoms with Crippen LogP contribution in [0, 0.1) is 0 Å². The van der Waals surface area contributed by atoms with Crippen molar-refractivity contribution in [3.63, 3.8) is 0 Å². The molecule has 1 N–H and O–H groups in total. The van der Waals surface area contributed by atoms with Gasteiger partial charge in [0.1, 0.15) is 11.9 Å². The van der Waals surface area contributed by atoms with Gasteiger partial charge in [-0.1, -0.05) is 29.8 Å². The van der Waals surface area contributed by atoms with E-state index < -0.39 is 6.17 Å². The number of hydrogen-bond acceptors (Lipinski definition) is 4. The summed E-state index contributed by atoms with van der Waals surface area (Å²) in [7, 11) is 1.56. The van der Waals surface area contributed by atoms with E-state index in [0.717, 1.165) is 11.3 Å². The Morgan fingerprint density at radius 2 is 2.00 bits per heavy atom. The van der Waals surface area contributed by atoms with Crippen LogP contribution in [0.3, 0.4) is 0 Å². The molecule has 130 valence electrons. The quantitative estimate of drug-likeness (QED) is 0.741. The Bertz CT molecular complexity index is 962. The first-order chi connectivity index (χ1) is 12.7. The lowest BCUT2D eigenvalue weighted by Crippen LogP contribution is -2.43. The van der Waals surface area contributed by atoms with Gasteiger partial charge in [0.25, 0.3) is 5.91 Å². The summed E-state index contributed by atoms with van der Waals surface area (Å²) in [5.74, 6) is 0.459. The number of carbonyl (C=O) groups excluding carboxylic acids is 1. The number of rotatable bonds is 3. The number of fused-ring (bicyclic) bond motifs is 1. The van der Waals surface area contributed by atoms with Gasteiger partial charge in [-0.3, -0.25) is 14.7 Å². The van der Waals surface area contributed by atoms with Crippen LogP contribution in [-0.4, -0.2) is 18.0 Å². The van der Waals surface area contributed by atoms with E-state index in [1.54, 1.807) is 36.5 Å². The molecule has 1 atom stereocenters. The summed E-state index contributed by atoms with van der Waals surface area (Å²) in [5, 5.41) is 3.88. The zero-order chi connectivity index (χ0) is 18.1. The maximum atomic E-state index is 13.3. The minimum atomic E-state index is -0.393. The van der Waals surface area contributed by atoms with E-state index >= 15 is 0 Å². The van der Waals surface area contributed by atoms with Crippen LogP contribution >= 0.6 is 11.6 Å². The number of amides is 1. The number of nitrogens with one attached hydrogen (secondary N) is 1. The lowest BCUT2D eigenvalue weighted by atomic mass is 10.0. The number of aromatic nitrogens is 1. The Morgan fingerprint density at radius 3 is 2.73 bits per heavy atom. The molecule has 4 rings (SSSR count). The molecule has 2 heterocycles. The molecule has 0 radical (unpaired) electrons. The van der Waals surface area contributed by atoms with Gasteiger partial charge in [0.2, 0.25) is 0 Å². The molecular weight excluding hydrogens is 350 g/mol. The van der Waals surface area contributed by atoms with E-state index in [-0.39, 0.29) is 5.91 Å². The fraction of sp³-hybridized carbons (Fsp3) is 0.100. The van der Waals surface area contributed by atoms with Gasteiger partial charge in [0.15, 0.2) is 0 Å². The van der Waals surface area contributed by atoms with Crippen molar-refractivity contribution in [2.24, 2.45) is 0 Å². The highest BCUT2D eigenvalue weighted by molar-refractivity contribution is 6.32. The third-order valence-electron chi connectivity index (χ3n) is 4.34. The number of ether oxygens (including phenoxy) is 1. The minimum absolute atomic E-state index is 0.102. The summed E-state index contributed by atoms with van der Waals surface area (Å²) in [6.07, 6.45) is 3.06. The molecule has 5 nitrogen and oxygen atoms in total. The zero-order valence-corrected chi connectivity index (χ0v) is 14.8. The van der Waals surface area contributed by atoms with Crippen molar-refractivity contribution < 1.29 is 9.53 Å². The predicted molar refractivity (Wildman–Crippen MR) is 102 cm³/mol. The number of hydrogen-bond donors (Lipinski definition) is 1. The number of nitrogens with zero attached hydrogens (tertiary/aromatic N) is 2. The Labute approximate surface area is 156 Å². The van der Waals surface area contributed by atoms with E-state index in [4.69, 9.17) is 16.3 Å². The second kappa shape index (κ2) is 6.69. The molecule has 26 heavy (non-hydrogen) atoms. The molecule has 0 spiro atoms. The summed E-state index contributed by atoms with van der Waals surface area (Å²) in [5.41, 5.74) is 2.96. The van der Waals surface area contributed by atoms with Crippen molar-refractivity contribution in [2.45, 2.75) is 6.17 Å². The third kappa shape index (κ3) is 2.76. The summed E-state index contributed by atoms with van der Waals surface area (Å²) in [4.78, 5) is 19.1. The van der Waals surface area contributed by atoms with Crippen LogP contribution in [0.4, 0.5) is 11.4 Å². The Kier molecular flexibility index (Phi) is 4.22. The fourth-order valence-corrected chi connectivity index (χ4v) is 3.35. The van der Waals surface area contributed by atoms with Crippen molar-refractivity contribution in [1.29, 1.82) is 0 Å². The van der Waals surface area contributed by atoms with Crippen LogP contribution in [-0.2, 0) is 0 Å². The van der Waals surface area contributed by atoms with E-state index in [1.165, 1.54) is 0 Å². The van der Waals surface area contributed by atoms with Crippen LogP contribution in [0.5, 0.6) is 5.75 Å². The molecular formula is C20H16ClN3O2. The number of benzene rings is 2. The molecule has 1 aliphatic rings. The molecule has 0 fully saturated rings. The van der Waals surface area contributed by atoms with Gasteiger partial charge < -0.3 is 10.1 Å². The van der Waals surface area contributed by atoms with Crippen LogP contribution < -0.4 is 15.0 Å². The van der Waals surface area contributed by atoms with Gasteiger partial charge >= 0.3 is 0 Å². The first kappa shape index (κ1) is 16.4. The van der Waals surface area contributed by atoms with Gasteiger partial charge in [-0.05, 0) is 36.4 Å². The van der Waals surface area contributed by atoms with Crippen molar-refractivity contribution in [2.75, 3.05) is 17.3 Å². The first-order valence-corrected chi connectivity index (χ1v) is 8.49. The number of para-hydroxylation sites is 1. The number of pyridine rings is 1. The lowest BCUT2D eigenvalue weighted by Gasteiger charge is -2.38. The molecule has 2 aromatic carbocycles. The molecule has 0 saturated heterocycles. The molecule has 1 amide bonds. The maximum Gasteiger partial charge on any atom is 0.262 e. The van der Waals surface area contributed by atoms with Crippen molar-refractivity contribution in [3.8, 4) is 5.75 Å². The Balaban J connectivity index is 1.85. The maximum absolute atomic E-state index is 13.3. The summed E-state index contributed by atoms with van der Waals surface area (Å²) in [6, 6.07) is 16.5. The highest BCUT2D eigenvalue weighted by atomic mass is 35.5. The van der Waals surface area contributed by atoms with E-state index in [9.17, 15) is 4.79 Å². The summed E-state index contributed by atoms with van der Waals surface area (Å²) in [6.45, 7) is 0. The average molecular weight is 366 g/mol. The lowest BCUT2D eigenvalue weighted by molar-refractivity contribution is 0.0975. The van der Waals surface area contributed by atoms with Gasteiger partial charge in [0.05, 0.1) is 17.7 Å². The standard InChI is InChI=1S/C20H16ClN3O2/c1-26-18-9-8-14(11-16(18)21)24-19(13-5-4-10-22-12-13)23-17-7-3-2-6-15(17)20(24)25/h2-12,19,23H,1H3/t19-/m0/s1. The number of methoxy groups -OCH3 is 1. The van der Waals surface area contributed by atoms with E-state index in [2.05, 4.69) is 10.3 Å². The summed E-state index contributed by atoms with van der Waals surface area (Å²) < 4.78 is 5.22. The SMILES string of the molecule is COc1ccc(N2C(=O)c3ccccc3N[C@@H]2c2cccnc2)cc1Cl. The first-order valence-electron chi connectivity index (χ1n) is 8.11. The van der Waals surface area contributed by atoms with Crippen LogP contribution in [0.25, 0.3) is 0 Å². The van der Waals surface area contributed by atoms with Crippen molar-refractivity contribution in [1.82, 2.24) is 4.98 Å². The van der Waals surface area contributed by atoms with Gasteiger partial charge in [-0.2, -0.15) is 0 Å². The number of carbonyl (C=O) groups is 1. The highest BCUT2D eigenvalue weighted by Gasteiger charge is 2.34. The largest absolute Gasteiger partial charge is 0.495 e. The van der Waals surface area contributed by atoms with E-state index in [0.29, 0.717) is 22.0 Å². The Hall–Kier alpha value is -3.05. The van der Waals surface area contributed by atoms with Gasteiger partial charge in [0, 0.05) is 29.3 Å². The fourth-order valence-electron chi connectivity index (χ4n) is 3.10. The van der Waals surface area contributed by atoms with Crippen molar-refractivity contribution in [3.05, 3.63) is 83.1 Å². The molecule has 0 aliphatic carbocycles. The second-order valence-electron chi connectivity index (χ2n) is 5.87. The monoisotopic (exact) mass is 365 g/mol. The average Bonchev–Trinajstić information content (AvgIpc) is 2.68. The Morgan fingerprint density at radius 1 is 1.15 bits per heavy atom. The van der Waals surface area contributed by atoms with E-state index in [1.807, 2.05) is 42.5 Å². The summed E-state index contributed by atoms with van der Waals surface area (Å²) >= 11 is 6.29. The molecule has 1 aromatic heterocycles. The van der Waals surface area contributed by atoms with Gasteiger partial charge in [-0.25, -0.2) is 0 Å². The molecule has 0 saturated carbocycles. The molecule has 0 unspecified atom stereocenters. The normalized spacial score (nSPS) is 16.0. The van der Waals surface area contributed by atoms with Crippen LogP contribution in [0.1, 0.15) is 22.1 Å².